The van der Waals surface area contributed by atoms with Crippen LogP contribution in [0.2, 0.25) is 0 Å². The van der Waals surface area contributed by atoms with Crippen LogP contribution >= 0.6 is 0 Å². The van der Waals surface area contributed by atoms with E-state index in [2.05, 4.69) is 4.98 Å². The van der Waals surface area contributed by atoms with Crippen LogP contribution in [0.1, 0.15) is 40.7 Å². The number of nitrogens with zero attached hydrogens (tertiary/aromatic N) is 3. The Morgan fingerprint density at radius 2 is 2.24 bits per heavy atom. The lowest BCUT2D eigenvalue weighted by atomic mass is 9.91. The molecule has 1 aliphatic rings. The van der Waals surface area contributed by atoms with E-state index in [1.807, 2.05) is 47.0 Å². The molecule has 0 radical (unpaired) electrons. The second-order valence-corrected chi connectivity index (χ2v) is 6.58. The number of hydrogen-bond acceptors (Lipinski definition) is 4. The van der Waals surface area contributed by atoms with Gasteiger partial charge in [-0.15, -0.1) is 0 Å². The fourth-order valence-electron chi connectivity index (χ4n) is 3.51. The summed E-state index contributed by atoms with van der Waals surface area (Å²) in [7, 11) is 3.50. The number of aryl methyl sites for hydroxylation is 1. The second kappa shape index (κ2) is 7.80. The van der Waals surface area contributed by atoms with Crippen LogP contribution in [0.25, 0.3) is 0 Å². The van der Waals surface area contributed by atoms with Gasteiger partial charge in [0.05, 0.1) is 6.61 Å². The van der Waals surface area contributed by atoms with Crippen LogP contribution in [-0.2, 0) is 18.4 Å². The summed E-state index contributed by atoms with van der Waals surface area (Å²) in [5.74, 6) is 0.650. The Kier molecular flexibility index (Phi) is 5.50. The highest BCUT2D eigenvalue weighted by Gasteiger charge is 2.31. The van der Waals surface area contributed by atoms with Crippen LogP contribution < -0.4 is 0 Å². The minimum atomic E-state index is -0.662. The van der Waals surface area contributed by atoms with Gasteiger partial charge in [0.1, 0.15) is 11.9 Å². The molecule has 1 amide bonds. The molecule has 6 heteroatoms. The number of rotatable bonds is 5. The predicted molar refractivity (Wildman–Crippen MR) is 94.0 cm³/mol. The number of carbonyl (C=O) groups is 1. The first kappa shape index (κ1) is 17.6. The Balaban J connectivity index is 1.75. The van der Waals surface area contributed by atoms with Gasteiger partial charge in [0.15, 0.2) is 0 Å². The maximum Gasteiger partial charge on any atom is 0.254 e. The average molecular weight is 343 g/mol. The van der Waals surface area contributed by atoms with Crippen LogP contribution in [0.4, 0.5) is 0 Å². The molecule has 2 atom stereocenters. The third-order valence-corrected chi connectivity index (χ3v) is 4.86. The summed E-state index contributed by atoms with van der Waals surface area (Å²) in [6.07, 6.45) is 4.61. The van der Waals surface area contributed by atoms with Gasteiger partial charge in [-0.1, -0.05) is 18.2 Å². The lowest BCUT2D eigenvalue weighted by molar-refractivity contribution is 0.0356. The molecule has 2 unspecified atom stereocenters. The molecule has 134 valence electrons. The fourth-order valence-corrected chi connectivity index (χ4v) is 3.51. The topological polar surface area (TPSA) is 67.6 Å². The first-order valence-corrected chi connectivity index (χ1v) is 8.63. The maximum absolute atomic E-state index is 13.0. The van der Waals surface area contributed by atoms with Crippen molar-refractivity contribution in [3.63, 3.8) is 0 Å². The van der Waals surface area contributed by atoms with Crippen molar-refractivity contribution in [2.24, 2.45) is 13.0 Å². The van der Waals surface area contributed by atoms with Crippen LogP contribution in [0.5, 0.6) is 0 Å². The lowest BCUT2D eigenvalue weighted by Gasteiger charge is -2.35. The van der Waals surface area contributed by atoms with Crippen LogP contribution in [0.15, 0.2) is 36.7 Å². The number of aromatic nitrogens is 2. The van der Waals surface area contributed by atoms with Crippen molar-refractivity contribution in [1.82, 2.24) is 14.5 Å². The zero-order valence-electron chi connectivity index (χ0n) is 14.8. The summed E-state index contributed by atoms with van der Waals surface area (Å²) in [6.45, 7) is 1.66. The second-order valence-electron chi connectivity index (χ2n) is 6.58. The predicted octanol–water partition coefficient (Wildman–Crippen LogP) is 2.15. The van der Waals surface area contributed by atoms with E-state index >= 15 is 0 Å². The molecule has 1 N–H and O–H groups in total. The monoisotopic (exact) mass is 343 g/mol. The largest absolute Gasteiger partial charge is 0.385 e. The van der Waals surface area contributed by atoms with Crippen molar-refractivity contribution >= 4 is 5.91 Å². The molecule has 2 aromatic rings. The Labute approximate surface area is 148 Å². The van der Waals surface area contributed by atoms with E-state index in [-0.39, 0.29) is 11.8 Å². The Morgan fingerprint density at radius 3 is 2.96 bits per heavy atom. The van der Waals surface area contributed by atoms with E-state index in [0.29, 0.717) is 31.1 Å². The highest BCUT2D eigenvalue weighted by atomic mass is 16.5. The molecule has 1 aliphatic heterocycles. The molecule has 1 saturated heterocycles. The highest BCUT2D eigenvalue weighted by Crippen LogP contribution is 2.29. The van der Waals surface area contributed by atoms with E-state index in [4.69, 9.17) is 4.74 Å². The van der Waals surface area contributed by atoms with Crippen molar-refractivity contribution in [2.75, 3.05) is 20.2 Å². The molecule has 0 aliphatic carbocycles. The van der Waals surface area contributed by atoms with E-state index in [9.17, 15) is 9.90 Å². The van der Waals surface area contributed by atoms with E-state index in [0.717, 1.165) is 18.4 Å². The van der Waals surface area contributed by atoms with Crippen molar-refractivity contribution in [2.45, 2.75) is 25.6 Å². The highest BCUT2D eigenvalue weighted by molar-refractivity contribution is 5.95. The molecule has 6 nitrogen and oxygen atoms in total. The zero-order chi connectivity index (χ0) is 17.8. The quantitative estimate of drug-likeness (QED) is 0.903. The number of amides is 1. The zero-order valence-corrected chi connectivity index (χ0v) is 14.8. The number of hydrogen-bond donors (Lipinski definition) is 1. The van der Waals surface area contributed by atoms with Gasteiger partial charge in [-0.3, -0.25) is 4.79 Å². The third kappa shape index (κ3) is 3.75. The van der Waals surface area contributed by atoms with Gasteiger partial charge in [0, 0.05) is 51.1 Å². The Hall–Kier alpha value is -2.18. The number of likely N-dealkylation sites (tertiary alicyclic amines) is 1. The molecule has 0 spiro atoms. The Morgan fingerprint density at radius 1 is 1.44 bits per heavy atom. The van der Waals surface area contributed by atoms with Crippen LogP contribution in [0.3, 0.4) is 0 Å². The number of piperidine rings is 1. The smallest absolute Gasteiger partial charge is 0.254 e. The Bertz CT molecular complexity index is 728. The number of aliphatic hydroxyl groups is 1. The average Bonchev–Trinajstić information content (AvgIpc) is 3.07. The van der Waals surface area contributed by atoms with Gasteiger partial charge in [-0.25, -0.2) is 4.98 Å². The van der Waals surface area contributed by atoms with E-state index in [1.165, 1.54) is 0 Å². The van der Waals surface area contributed by atoms with Crippen molar-refractivity contribution in [1.29, 1.82) is 0 Å². The summed E-state index contributed by atoms with van der Waals surface area (Å²) < 4.78 is 7.04. The number of ether oxygens (including phenoxy) is 1. The van der Waals surface area contributed by atoms with Gasteiger partial charge < -0.3 is 19.3 Å². The summed E-state index contributed by atoms with van der Waals surface area (Å²) in [4.78, 5) is 19.1. The normalized spacial score (nSPS) is 19.0. The molecule has 3 rings (SSSR count). The lowest BCUT2D eigenvalue weighted by Crippen LogP contribution is -2.42. The van der Waals surface area contributed by atoms with Crippen LogP contribution in [0, 0.1) is 5.92 Å². The summed E-state index contributed by atoms with van der Waals surface area (Å²) in [6, 6.07) is 7.54. The first-order chi connectivity index (χ1) is 12.1. The summed E-state index contributed by atoms with van der Waals surface area (Å²) in [5, 5.41) is 10.7. The number of carbonyl (C=O) groups excluding carboxylic acids is 1. The van der Waals surface area contributed by atoms with Gasteiger partial charge in [-0.2, -0.15) is 0 Å². The minimum Gasteiger partial charge on any atom is -0.385 e. The van der Waals surface area contributed by atoms with Crippen molar-refractivity contribution < 1.29 is 14.6 Å². The van der Waals surface area contributed by atoms with Crippen molar-refractivity contribution in [3.8, 4) is 0 Å². The fraction of sp³-hybridized carbons (Fsp3) is 0.474. The molecule has 0 saturated carbocycles. The third-order valence-electron chi connectivity index (χ3n) is 4.86. The first-order valence-electron chi connectivity index (χ1n) is 8.63. The van der Waals surface area contributed by atoms with Crippen LogP contribution in [-0.4, -0.2) is 45.7 Å². The van der Waals surface area contributed by atoms with Gasteiger partial charge in [-0.05, 0) is 24.5 Å². The summed E-state index contributed by atoms with van der Waals surface area (Å²) >= 11 is 0. The number of aliphatic hydroxyl groups excluding tert-OH is 1. The molecular weight excluding hydrogens is 318 g/mol. The summed E-state index contributed by atoms with van der Waals surface area (Å²) in [5.41, 5.74) is 1.57. The molecule has 1 aromatic carbocycles. The standard InChI is InChI=1S/C19H25N3O3/c1-21-11-9-20-18(21)17(23)14-7-5-10-22(12-14)19(24)16-8-4-3-6-15(16)13-25-2/h3-4,6,8-9,11,14,17,23H,5,7,10,12-13H2,1-2H3. The molecule has 0 bridgehead atoms. The molecular formula is C19H25N3O3. The molecule has 1 fully saturated rings. The van der Waals surface area contributed by atoms with Crippen molar-refractivity contribution in [3.05, 3.63) is 53.6 Å². The number of imidazole rings is 1. The van der Waals surface area contributed by atoms with E-state index in [1.54, 1.807) is 13.3 Å². The molecule has 2 heterocycles. The number of benzene rings is 1. The SMILES string of the molecule is COCc1ccccc1C(=O)N1CCCC(C(O)c2nccn2C)C1. The van der Waals surface area contributed by atoms with Gasteiger partial charge in [0.25, 0.3) is 5.91 Å². The molecule has 1 aromatic heterocycles. The van der Waals surface area contributed by atoms with E-state index < -0.39 is 6.10 Å². The minimum absolute atomic E-state index is 0.00407. The van der Waals surface area contributed by atoms with Gasteiger partial charge in [0.2, 0.25) is 0 Å². The maximum atomic E-state index is 13.0. The van der Waals surface area contributed by atoms with Gasteiger partial charge >= 0.3 is 0 Å². The molecule has 25 heavy (non-hydrogen) atoms. The number of methoxy groups -OCH3 is 1.